The summed E-state index contributed by atoms with van der Waals surface area (Å²) in [6, 6.07) is 10.9. The lowest BCUT2D eigenvalue weighted by Crippen LogP contribution is -2.06. The van der Waals surface area contributed by atoms with Crippen LogP contribution in [0.15, 0.2) is 42.5 Å². The van der Waals surface area contributed by atoms with Crippen LogP contribution in [0.3, 0.4) is 0 Å². The van der Waals surface area contributed by atoms with E-state index in [1.807, 2.05) is 18.2 Å². The third-order valence-electron chi connectivity index (χ3n) is 3.89. The first kappa shape index (κ1) is 14.2. The van der Waals surface area contributed by atoms with E-state index >= 15 is 0 Å². The Labute approximate surface area is 136 Å². The molecule has 0 atom stereocenters. The molecule has 1 aromatic heterocycles. The molecular formula is C17H12ClF2N3. The summed E-state index contributed by atoms with van der Waals surface area (Å²) < 4.78 is 28.8. The molecule has 2 aromatic carbocycles. The number of aromatic nitrogens is 2. The number of anilines is 1. The van der Waals surface area contributed by atoms with Gasteiger partial charge in [-0.15, -0.1) is 0 Å². The highest BCUT2D eigenvalue weighted by Crippen LogP contribution is 2.35. The zero-order valence-corrected chi connectivity index (χ0v) is 12.7. The van der Waals surface area contributed by atoms with Crippen molar-refractivity contribution < 1.29 is 8.78 Å². The molecule has 0 aliphatic carbocycles. The van der Waals surface area contributed by atoms with Gasteiger partial charge in [0.05, 0.1) is 5.69 Å². The zero-order chi connectivity index (χ0) is 16.0. The van der Waals surface area contributed by atoms with E-state index in [2.05, 4.69) is 10.4 Å². The molecule has 23 heavy (non-hydrogen) atoms. The first-order chi connectivity index (χ1) is 11.1. The fourth-order valence-electron chi connectivity index (χ4n) is 2.87. The fraction of sp³-hybridized carbons (Fsp3) is 0.118. The van der Waals surface area contributed by atoms with Gasteiger partial charge in [-0.1, -0.05) is 23.7 Å². The van der Waals surface area contributed by atoms with Crippen LogP contribution in [-0.2, 0) is 6.42 Å². The third-order valence-corrected chi connectivity index (χ3v) is 4.12. The Bertz CT molecular complexity index is 905. The van der Waals surface area contributed by atoms with Gasteiger partial charge in [-0.25, -0.2) is 13.5 Å². The third kappa shape index (κ3) is 2.37. The second-order valence-electron chi connectivity index (χ2n) is 5.37. The standard InChI is InChI=1S/C17H12ClF2N3/c18-11-3-1-2-10(8-11)16-13-6-7-21-17(13)23(22-16)15-5-4-12(19)9-14(15)20/h1-5,8-9,21H,6-7H2. The summed E-state index contributed by atoms with van der Waals surface area (Å²) in [4.78, 5) is 0. The molecule has 4 rings (SSSR count). The van der Waals surface area contributed by atoms with Crippen molar-refractivity contribution in [1.29, 1.82) is 0 Å². The van der Waals surface area contributed by atoms with Crippen molar-refractivity contribution in [3.05, 3.63) is 64.7 Å². The predicted octanol–water partition coefficient (Wildman–Crippen LogP) is 4.44. The van der Waals surface area contributed by atoms with Crippen LogP contribution >= 0.6 is 11.6 Å². The van der Waals surface area contributed by atoms with Gasteiger partial charge in [0.25, 0.3) is 0 Å². The zero-order valence-electron chi connectivity index (χ0n) is 12.0. The molecule has 2 heterocycles. The van der Waals surface area contributed by atoms with Crippen molar-refractivity contribution in [3.63, 3.8) is 0 Å². The molecule has 0 fully saturated rings. The topological polar surface area (TPSA) is 29.9 Å². The summed E-state index contributed by atoms with van der Waals surface area (Å²) in [5.74, 6) is -0.523. The Morgan fingerprint density at radius 1 is 1.13 bits per heavy atom. The van der Waals surface area contributed by atoms with Gasteiger partial charge < -0.3 is 5.32 Å². The van der Waals surface area contributed by atoms with E-state index in [4.69, 9.17) is 11.6 Å². The highest BCUT2D eigenvalue weighted by molar-refractivity contribution is 6.30. The van der Waals surface area contributed by atoms with Gasteiger partial charge in [-0.3, -0.25) is 0 Å². The smallest absolute Gasteiger partial charge is 0.151 e. The van der Waals surface area contributed by atoms with Gasteiger partial charge in [0.2, 0.25) is 0 Å². The lowest BCUT2D eigenvalue weighted by atomic mass is 10.1. The molecule has 1 aliphatic rings. The molecule has 6 heteroatoms. The number of halogens is 3. The molecule has 3 nitrogen and oxygen atoms in total. The Morgan fingerprint density at radius 2 is 2.00 bits per heavy atom. The second kappa shape index (κ2) is 5.35. The van der Waals surface area contributed by atoms with Gasteiger partial charge in [0, 0.05) is 28.8 Å². The second-order valence-corrected chi connectivity index (χ2v) is 5.81. The first-order valence-electron chi connectivity index (χ1n) is 7.20. The van der Waals surface area contributed by atoms with Crippen molar-refractivity contribution >= 4 is 17.4 Å². The molecule has 0 saturated heterocycles. The number of nitrogens with one attached hydrogen (secondary N) is 1. The Kier molecular flexibility index (Phi) is 3.31. The highest BCUT2D eigenvalue weighted by atomic mass is 35.5. The van der Waals surface area contributed by atoms with E-state index in [0.717, 1.165) is 41.7 Å². The normalized spacial score (nSPS) is 13.0. The van der Waals surface area contributed by atoms with E-state index in [-0.39, 0.29) is 5.69 Å². The van der Waals surface area contributed by atoms with Crippen LogP contribution in [-0.4, -0.2) is 16.3 Å². The molecule has 116 valence electrons. The lowest BCUT2D eigenvalue weighted by molar-refractivity contribution is 0.574. The number of nitrogens with zero attached hydrogens (tertiary/aromatic N) is 2. The Hall–Kier alpha value is -2.40. The molecule has 1 N–H and O–H groups in total. The van der Waals surface area contributed by atoms with Crippen LogP contribution < -0.4 is 5.32 Å². The van der Waals surface area contributed by atoms with E-state index in [9.17, 15) is 8.78 Å². The van der Waals surface area contributed by atoms with Crippen LogP contribution in [0.25, 0.3) is 16.9 Å². The minimum atomic E-state index is -0.651. The monoisotopic (exact) mass is 331 g/mol. The minimum Gasteiger partial charge on any atom is -0.369 e. The quantitative estimate of drug-likeness (QED) is 0.752. The van der Waals surface area contributed by atoms with E-state index in [0.29, 0.717) is 5.02 Å². The number of rotatable bonds is 2. The summed E-state index contributed by atoms with van der Waals surface area (Å²) in [5, 5.41) is 8.37. The van der Waals surface area contributed by atoms with E-state index < -0.39 is 11.6 Å². The van der Waals surface area contributed by atoms with Crippen LogP contribution in [0.4, 0.5) is 14.6 Å². The van der Waals surface area contributed by atoms with Gasteiger partial charge >= 0.3 is 0 Å². The summed E-state index contributed by atoms with van der Waals surface area (Å²) in [6.07, 6.45) is 0.792. The van der Waals surface area contributed by atoms with Crippen LogP contribution in [0.2, 0.25) is 5.02 Å². The van der Waals surface area contributed by atoms with Crippen LogP contribution in [0.5, 0.6) is 0 Å². The number of hydrogen-bond donors (Lipinski definition) is 1. The first-order valence-corrected chi connectivity index (χ1v) is 7.58. The number of benzene rings is 2. The molecule has 3 aromatic rings. The fourth-order valence-corrected chi connectivity index (χ4v) is 3.06. The van der Waals surface area contributed by atoms with Crippen LogP contribution in [0, 0.1) is 11.6 Å². The summed E-state index contributed by atoms with van der Waals surface area (Å²) >= 11 is 6.06. The highest BCUT2D eigenvalue weighted by Gasteiger charge is 2.25. The predicted molar refractivity (Wildman–Crippen MR) is 86.1 cm³/mol. The van der Waals surface area contributed by atoms with Crippen molar-refractivity contribution in [2.75, 3.05) is 11.9 Å². The maximum atomic E-state index is 14.1. The van der Waals surface area contributed by atoms with Crippen molar-refractivity contribution in [2.45, 2.75) is 6.42 Å². The molecule has 0 saturated carbocycles. The Morgan fingerprint density at radius 3 is 2.78 bits per heavy atom. The molecule has 0 amide bonds. The van der Waals surface area contributed by atoms with Crippen molar-refractivity contribution in [2.24, 2.45) is 0 Å². The average Bonchev–Trinajstić information content (AvgIpc) is 3.10. The Balaban J connectivity index is 1.91. The van der Waals surface area contributed by atoms with Gasteiger partial charge in [0.1, 0.15) is 17.3 Å². The van der Waals surface area contributed by atoms with Gasteiger partial charge in [-0.05, 0) is 30.7 Å². The summed E-state index contributed by atoms with van der Waals surface area (Å²) in [6.45, 7) is 0.754. The maximum absolute atomic E-state index is 14.1. The van der Waals surface area contributed by atoms with Gasteiger partial charge in [0.15, 0.2) is 5.82 Å². The molecule has 1 aliphatic heterocycles. The molecule has 0 unspecified atom stereocenters. The molecule has 0 spiro atoms. The summed E-state index contributed by atoms with van der Waals surface area (Å²) in [5.41, 5.74) is 2.86. The average molecular weight is 332 g/mol. The molecular weight excluding hydrogens is 320 g/mol. The minimum absolute atomic E-state index is 0.213. The summed E-state index contributed by atoms with van der Waals surface area (Å²) in [7, 11) is 0. The van der Waals surface area contributed by atoms with Crippen molar-refractivity contribution in [1.82, 2.24) is 9.78 Å². The lowest BCUT2D eigenvalue weighted by Gasteiger charge is -2.07. The number of fused-ring (bicyclic) bond motifs is 1. The SMILES string of the molecule is Fc1ccc(-n2nc(-c3cccc(Cl)c3)c3c2NCC3)c(F)c1. The molecule has 0 radical (unpaired) electrons. The number of hydrogen-bond acceptors (Lipinski definition) is 2. The van der Waals surface area contributed by atoms with Gasteiger partial charge in [-0.2, -0.15) is 5.10 Å². The van der Waals surface area contributed by atoms with Crippen LogP contribution in [0.1, 0.15) is 5.56 Å². The maximum Gasteiger partial charge on any atom is 0.151 e. The molecule has 0 bridgehead atoms. The van der Waals surface area contributed by atoms with E-state index in [1.54, 1.807) is 6.07 Å². The largest absolute Gasteiger partial charge is 0.369 e. The van der Waals surface area contributed by atoms with Crippen molar-refractivity contribution in [3.8, 4) is 16.9 Å². The van der Waals surface area contributed by atoms with E-state index in [1.165, 1.54) is 16.8 Å².